The standard InChI is InChI=1S/C45H26N4O2/c1-3-12-27(13-4-1)30-18-11-21-39-42(30)33-23-22-29(24-40(33)51-39)44-46-43(28-14-5-2-6-15-28)47-45(48-44)49-36-19-9-7-16-31(36)34-25-35-32-17-8-10-20-38(32)50-41(35)26-37(34)49/h1-26H/i1D,2D,3D,4D,5D,6D,7D,8D,9D,10D,11D,12D,13D,14D,15D,16D,17D,18D,19D,20D,21D,22D,23D,24D,25D,26D. The average molecular weight is 681 g/mol. The van der Waals surface area contributed by atoms with E-state index in [2.05, 4.69) is 15.0 Å². The predicted octanol–water partition coefficient (Wildman–Crippen LogP) is 11.8. The zero-order valence-electron chi connectivity index (χ0n) is 51.1. The van der Waals surface area contributed by atoms with E-state index in [0.29, 0.717) is 0 Å². The van der Waals surface area contributed by atoms with Gasteiger partial charge in [-0.3, -0.25) is 4.57 Å². The Labute approximate surface area is 327 Å². The third kappa shape index (κ3) is 4.26. The largest absolute Gasteiger partial charge is 0.456 e. The zero-order chi connectivity index (χ0) is 56.1. The van der Waals surface area contributed by atoms with Crippen molar-refractivity contribution in [3.8, 4) is 39.9 Å². The molecule has 51 heavy (non-hydrogen) atoms. The van der Waals surface area contributed by atoms with Crippen LogP contribution in [0.1, 0.15) is 35.6 Å². The summed E-state index contributed by atoms with van der Waals surface area (Å²) in [7, 11) is 0. The van der Waals surface area contributed by atoms with Crippen molar-refractivity contribution in [2.45, 2.75) is 0 Å². The molecule has 0 fully saturated rings. The summed E-state index contributed by atoms with van der Waals surface area (Å²) in [6.45, 7) is 0. The van der Waals surface area contributed by atoms with Crippen molar-refractivity contribution >= 4 is 65.7 Å². The summed E-state index contributed by atoms with van der Waals surface area (Å²) in [5, 5.41) is -2.57. The first-order chi connectivity index (χ1) is 36.1. The lowest BCUT2D eigenvalue weighted by Gasteiger charge is -2.11. The number of aromatic nitrogens is 4. The molecular formula is C45H26N4O2. The lowest BCUT2D eigenvalue weighted by Crippen LogP contribution is -2.06. The molecule has 6 heteroatoms. The maximum atomic E-state index is 9.67. The van der Waals surface area contributed by atoms with E-state index in [9.17, 15) is 8.22 Å². The summed E-state index contributed by atoms with van der Waals surface area (Å²) in [4.78, 5) is 13.4. The van der Waals surface area contributed by atoms with Gasteiger partial charge in [-0.2, -0.15) is 9.97 Å². The molecule has 11 rings (SSSR count). The molecule has 0 spiro atoms. The molecule has 6 nitrogen and oxygen atoms in total. The van der Waals surface area contributed by atoms with Crippen LogP contribution in [0.4, 0.5) is 0 Å². The van der Waals surface area contributed by atoms with Gasteiger partial charge in [0.15, 0.2) is 11.6 Å². The van der Waals surface area contributed by atoms with Crippen LogP contribution in [0.25, 0.3) is 106 Å². The normalized spacial score (nSPS) is 19.1. The van der Waals surface area contributed by atoms with Crippen LogP contribution in [0.5, 0.6) is 0 Å². The first-order valence-corrected chi connectivity index (χ1v) is 14.8. The van der Waals surface area contributed by atoms with E-state index in [0.717, 1.165) is 4.57 Å². The van der Waals surface area contributed by atoms with E-state index in [1.807, 2.05) is 0 Å². The molecule has 0 aliphatic heterocycles. The molecule has 4 aromatic heterocycles. The van der Waals surface area contributed by atoms with Gasteiger partial charge in [-0.25, -0.2) is 4.98 Å². The maximum absolute atomic E-state index is 9.67. The van der Waals surface area contributed by atoms with Crippen LogP contribution in [-0.4, -0.2) is 19.5 Å². The molecule has 0 N–H and O–H groups in total. The molecule has 0 amide bonds. The quantitative estimate of drug-likeness (QED) is 0.185. The second kappa shape index (κ2) is 10.7. The fraction of sp³-hybridized carbons (Fsp3) is 0. The van der Waals surface area contributed by atoms with E-state index in [-0.39, 0.29) is 10.8 Å². The van der Waals surface area contributed by atoms with Gasteiger partial charge < -0.3 is 8.83 Å². The Balaban J connectivity index is 1.33. The van der Waals surface area contributed by atoms with Crippen LogP contribution in [0.2, 0.25) is 0 Å². The first kappa shape index (κ1) is 12.7. The van der Waals surface area contributed by atoms with Gasteiger partial charge in [0.25, 0.3) is 0 Å². The van der Waals surface area contributed by atoms with E-state index >= 15 is 0 Å². The minimum atomic E-state index is -0.961. The van der Waals surface area contributed by atoms with Crippen LogP contribution in [-0.2, 0) is 0 Å². The number of benzene rings is 7. The molecule has 0 unspecified atom stereocenters. The fourth-order valence-corrected chi connectivity index (χ4v) is 5.87. The lowest BCUT2D eigenvalue weighted by molar-refractivity contribution is 0.668. The van der Waals surface area contributed by atoms with E-state index in [1.165, 1.54) is 0 Å². The van der Waals surface area contributed by atoms with E-state index < -0.39 is 252 Å². The molecule has 11 aromatic rings. The molecule has 7 aromatic carbocycles. The van der Waals surface area contributed by atoms with Gasteiger partial charge >= 0.3 is 0 Å². The zero-order valence-corrected chi connectivity index (χ0v) is 25.1. The number of hydrogen-bond donors (Lipinski definition) is 0. The van der Waals surface area contributed by atoms with Crippen LogP contribution in [0.15, 0.2) is 166 Å². The van der Waals surface area contributed by atoms with Gasteiger partial charge in [0.2, 0.25) is 5.95 Å². The van der Waals surface area contributed by atoms with Gasteiger partial charge in [-0.15, -0.1) is 0 Å². The summed E-state index contributed by atoms with van der Waals surface area (Å²) >= 11 is 0. The van der Waals surface area contributed by atoms with Crippen molar-refractivity contribution in [1.82, 2.24) is 19.5 Å². The number of nitrogens with zero attached hydrogens (tertiary/aromatic N) is 4. The summed E-state index contributed by atoms with van der Waals surface area (Å²) in [6, 6.07) is -21.4. The van der Waals surface area contributed by atoms with Crippen molar-refractivity contribution in [3.63, 3.8) is 0 Å². The van der Waals surface area contributed by atoms with Crippen molar-refractivity contribution in [1.29, 1.82) is 0 Å². The Morgan fingerprint density at radius 1 is 0.412 bits per heavy atom. The molecule has 0 saturated carbocycles. The van der Waals surface area contributed by atoms with Gasteiger partial charge in [-0.05, 0) is 47.4 Å². The molecule has 0 radical (unpaired) electrons. The van der Waals surface area contributed by atoms with Crippen LogP contribution >= 0.6 is 0 Å². The number of rotatable bonds is 4. The predicted molar refractivity (Wildman–Crippen MR) is 205 cm³/mol. The molecule has 0 saturated heterocycles. The average Bonchev–Trinajstić information content (AvgIpc) is 4.35. The summed E-state index contributed by atoms with van der Waals surface area (Å²) in [6.07, 6.45) is 0. The molecule has 0 atom stereocenters. The summed E-state index contributed by atoms with van der Waals surface area (Å²) in [5.74, 6) is -2.50. The van der Waals surface area contributed by atoms with Gasteiger partial charge in [-0.1, -0.05) is 115 Å². The van der Waals surface area contributed by atoms with Crippen LogP contribution < -0.4 is 0 Å². The van der Waals surface area contributed by atoms with Crippen molar-refractivity contribution in [2.75, 3.05) is 0 Å². The highest BCUT2D eigenvalue weighted by molar-refractivity contribution is 6.17. The Kier molecular flexibility index (Phi) is 2.67. The fourth-order valence-electron chi connectivity index (χ4n) is 5.87. The van der Waals surface area contributed by atoms with Crippen molar-refractivity contribution < 1.29 is 44.5 Å². The number of hydrogen-bond acceptors (Lipinski definition) is 5. The number of fused-ring (bicyclic) bond motifs is 9. The molecule has 0 bridgehead atoms. The maximum Gasteiger partial charge on any atom is 0.238 e. The second-order valence-electron chi connectivity index (χ2n) is 10.8. The topological polar surface area (TPSA) is 69.9 Å². The molecule has 0 aliphatic carbocycles. The third-order valence-electron chi connectivity index (χ3n) is 8.01. The van der Waals surface area contributed by atoms with E-state index in [1.54, 1.807) is 0 Å². The highest BCUT2D eigenvalue weighted by Crippen LogP contribution is 2.40. The molecule has 4 heterocycles. The first-order valence-electron chi connectivity index (χ1n) is 27.8. The van der Waals surface area contributed by atoms with Gasteiger partial charge in [0.1, 0.15) is 22.3 Å². The highest BCUT2D eigenvalue weighted by atomic mass is 16.3. The molecular weight excluding hydrogens is 629 g/mol. The lowest BCUT2D eigenvalue weighted by atomic mass is 9.99. The summed E-state index contributed by atoms with van der Waals surface area (Å²) < 4.78 is 242. The number of furan rings is 2. The highest BCUT2D eigenvalue weighted by Gasteiger charge is 2.21. The SMILES string of the molecule is [2H]c1c([2H])c([2H])c(-c2nc(-c3c([2H])c([2H])c4c(oc5c([2H])c([2H])c([2H])c(-c6c([2H])c([2H])c([2H])c([2H])c6[2H])c54)c3[2H])nc(-n3c4c([2H])c([2H])c([2H])c([2H])c4c4c([2H])c5c(oc6c([2H])c([2H])c([2H])c([2H])c65)c([2H])c43)n2)c([2H])c1[2H]. The van der Waals surface area contributed by atoms with Crippen LogP contribution in [0.3, 0.4) is 0 Å². The van der Waals surface area contributed by atoms with Crippen molar-refractivity contribution in [3.05, 3.63) is 157 Å². The Hall–Kier alpha value is -7.05. The summed E-state index contributed by atoms with van der Waals surface area (Å²) in [5.41, 5.74) is -6.09. The van der Waals surface area contributed by atoms with Gasteiger partial charge in [0, 0.05) is 49.5 Å². The Bertz CT molecular complexity index is 4600. The van der Waals surface area contributed by atoms with Crippen molar-refractivity contribution in [2.24, 2.45) is 0 Å². The van der Waals surface area contributed by atoms with E-state index in [4.69, 9.17) is 36.2 Å². The Morgan fingerprint density at radius 3 is 1.92 bits per heavy atom. The molecule has 238 valence electrons. The smallest absolute Gasteiger partial charge is 0.238 e. The monoisotopic (exact) mass is 680 g/mol. The third-order valence-corrected chi connectivity index (χ3v) is 8.01. The minimum absolute atomic E-state index is 0.340. The minimum Gasteiger partial charge on any atom is -0.456 e. The Morgan fingerprint density at radius 2 is 1.08 bits per heavy atom. The molecule has 0 aliphatic rings. The van der Waals surface area contributed by atoms with Crippen LogP contribution in [0, 0.1) is 0 Å². The van der Waals surface area contributed by atoms with Gasteiger partial charge in [0.05, 0.1) is 46.7 Å². The second-order valence-corrected chi connectivity index (χ2v) is 10.8. The number of para-hydroxylation sites is 2.